The van der Waals surface area contributed by atoms with Crippen molar-refractivity contribution in [2.24, 2.45) is 0 Å². The maximum Gasteiger partial charge on any atom is 0.222 e. The third kappa shape index (κ3) is 2.84. The number of hydrogen-bond donors (Lipinski definition) is 0. The Morgan fingerprint density at radius 3 is 2.74 bits per heavy atom. The smallest absolute Gasteiger partial charge is 0.222 e. The van der Waals surface area contributed by atoms with Crippen LogP contribution in [0.2, 0.25) is 0 Å². The fraction of sp³-hybridized carbons (Fsp3) is 0.125. The molecule has 0 spiro atoms. The van der Waals surface area contributed by atoms with Crippen molar-refractivity contribution in [2.45, 2.75) is 6.54 Å². The van der Waals surface area contributed by atoms with Gasteiger partial charge in [-0.1, -0.05) is 12.1 Å². The molecule has 0 aliphatic carbocycles. The van der Waals surface area contributed by atoms with E-state index in [0.29, 0.717) is 16.7 Å². The summed E-state index contributed by atoms with van der Waals surface area (Å²) in [7, 11) is 1.48. The molecule has 0 saturated carbocycles. The van der Waals surface area contributed by atoms with E-state index in [1.165, 1.54) is 23.9 Å². The van der Waals surface area contributed by atoms with E-state index in [4.69, 9.17) is 4.74 Å². The lowest BCUT2D eigenvalue weighted by Gasteiger charge is -2.13. The Kier molecular flexibility index (Phi) is 4.12. The standard InChI is InChI=1S/C16H11BrF2N2O2/c1-23-13-4-2-3-11-14(13)21(20-16(17)15(11)22)8-9-5-6-10(18)7-12(9)19/h2-7H,8H2,1H3. The van der Waals surface area contributed by atoms with Gasteiger partial charge in [0.1, 0.15) is 22.9 Å². The van der Waals surface area contributed by atoms with Crippen LogP contribution in [0.3, 0.4) is 0 Å². The molecule has 0 aliphatic heterocycles. The third-order valence-electron chi connectivity index (χ3n) is 3.45. The zero-order valence-electron chi connectivity index (χ0n) is 12.0. The van der Waals surface area contributed by atoms with Crippen molar-refractivity contribution < 1.29 is 13.5 Å². The van der Waals surface area contributed by atoms with Gasteiger partial charge in [0.15, 0.2) is 4.60 Å². The number of fused-ring (bicyclic) bond motifs is 1. The van der Waals surface area contributed by atoms with Crippen LogP contribution in [0, 0.1) is 11.6 Å². The molecule has 0 fully saturated rings. The minimum atomic E-state index is -0.676. The lowest BCUT2D eigenvalue weighted by atomic mass is 10.1. The van der Waals surface area contributed by atoms with Crippen LogP contribution in [0.4, 0.5) is 8.78 Å². The molecule has 2 aromatic carbocycles. The van der Waals surface area contributed by atoms with E-state index in [9.17, 15) is 13.6 Å². The van der Waals surface area contributed by atoms with E-state index in [1.807, 2.05) is 0 Å². The predicted molar refractivity (Wildman–Crippen MR) is 85.7 cm³/mol. The highest BCUT2D eigenvalue weighted by Crippen LogP contribution is 2.25. The van der Waals surface area contributed by atoms with Crippen molar-refractivity contribution in [1.29, 1.82) is 0 Å². The molecule has 3 rings (SSSR count). The number of methoxy groups -OCH3 is 1. The van der Waals surface area contributed by atoms with E-state index in [0.717, 1.165) is 6.07 Å². The molecule has 3 aromatic rings. The number of aromatic nitrogens is 2. The normalized spacial score (nSPS) is 11.0. The number of para-hydroxylation sites is 1. The summed E-state index contributed by atoms with van der Waals surface area (Å²) in [6.45, 7) is 0.0296. The molecule has 0 amide bonds. The molecule has 7 heteroatoms. The summed E-state index contributed by atoms with van der Waals surface area (Å²) in [5, 5.41) is 4.55. The minimum Gasteiger partial charge on any atom is -0.494 e. The predicted octanol–water partition coefficient (Wildman–Crippen LogP) is 3.49. The zero-order valence-corrected chi connectivity index (χ0v) is 13.6. The van der Waals surface area contributed by atoms with E-state index in [-0.39, 0.29) is 22.1 Å². The van der Waals surface area contributed by atoms with Gasteiger partial charge in [0, 0.05) is 11.6 Å². The first-order chi connectivity index (χ1) is 11.0. The van der Waals surface area contributed by atoms with Gasteiger partial charge in [0.25, 0.3) is 0 Å². The number of benzene rings is 2. The van der Waals surface area contributed by atoms with Crippen molar-refractivity contribution in [3.8, 4) is 5.75 Å². The second kappa shape index (κ2) is 6.08. The Hall–Kier alpha value is -2.28. The van der Waals surface area contributed by atoms with Crippen molar-refractivity contribution in [3.63, 3.8) is 0 Å². The van der Waals surface area contributed by atoms with Crippen molar-refractivity contribution in [1.82, 2.24) is 9.78 Å². The molecule has 1 aromatic heterocycles. The maximum absolute atomic E-state index is 13.9. The first-order valence-corrected chi connectivity index (χ1v) is 7.48. The Balaban J connectivity index is 2.24. The van der Waals surface area contributed by atoms with Crippen LogP contribution in [0.25, 0.3) is 10.9 Å². The summed E-state index contributed by atoms with van der Waals surface area (Å²) in [5.41, 5.74) is 0.420. The molecule has 0 atom stereocenters. The first kappa shape index (κ1) is 15.6. The van der Waals surface area contributed by atoms with Crippen LogP contribution in [0.1, 0.15) is 5.56 Å². The average Bonchev–Trinajstić information content (AvgIpc) is 2.54. The highest BCUT2D eigenvalue weighted by atomic mass is 79.9. The number of ether oxygens (including phenoxy) is 1. The molecule has 0 N–H and O–H groups in total. The van der Waals surface area contributed by atoms with Crippen LogP contribution in [0.5, 0.6) is 5.75 Å². The molecule has 0 unspecified atom stereocenters. The van der Waals surface area contributed by atoms with Gasteiger partial charge in [0.05, 0.1) is 19.0 Å². The Morgan fingerprint density at radius 2 is 2.04 bits per heavy atom. The van der Waals surface area contributed by atoms with Crippen molar-refractivity contribution >= 4 is 26.8 Å². The SMILES string of the molecule is COc1cccc2c(=O)c(Br)nn(Cc3ccc(F)cc3F)c12. The lowest BCUT2D eigenvalue weighted by molar-refractivity contribution is 0.415. The van der Waals surface area contributed by atoms with Crippen LogP contribution in [-0.4, -0.2) is 16.9 Å². The fourth-order valence-corrected chi connectivity index (χ4v) is 2.78. The van der Waals surface area contributed by atoms with Crippen LogP contribution in [-0.2, 0) is 6.54 Å². The Morgan fingerprint density at radius 1 is 1.26 bits per heavy atom. The van der Waals surface area contributed by atoms with Gasteiger partial charge in [0.2, 0.25) is 5.43 Å². The van der Waals surface area contributed by atoms with Gasteiger partial charge in [-0.05, 0) is 34.1 Å². The monoisotopic (exact) mass is 380 g/mol. The molecule has 1 heterocycles. The van der Waals surface area contributed by atoms with Crippen LogP contribution < -0.4 is 10.2 Å². The van der Waals surface area contributed by atoms with Crippen LogP contribution in [0.15, 0.2) is 45.8 Å². The summed E-state index contributed by atoms with van der Waals surface area (Å²) in [5.74, 6) is -0.880. The van der Waals surface area contributed by atoms with E-state index < -0.39 is 11.6 Å². The average molecular weight is 381 g/mol. The van der Waals surface area contributed by atoms with Crippen molar-refractivity contribution in [2.75, 3.05) is 7.11 Å². The molecule has 23 heavy (non-hydrogen) atoms. The number of nitrogens with zero attached hydrogens (tertiary/aromatic N) is 2. The Labute approximate surface area is 138 Å². The summed E-state index contributed by atoms with van der Waals surface area (Å²) < 4.78 is 33.8. The molecule has 0 radical (unpaired) electrons. The molecule has 4 nitrogen and oxygen atoms in total. The highest BCUT2D eigenvalue weighted by molar-refractivity contribution is 9.10. The summed E-state index contributed by atoms with van der Waals surface area (Å²) in [6.07, 6.45) is 0. The number of rotatable bonds is 3. The van der Waals surface area contributed by atoms with Gasteiger partial charge in [-0.3, -0.25) is 9.48 Å². The molecule has 118 valence electrons. The fourth-order valence-electron chi connectivity index (χ4n) is 2.37. The Bertz CT molecular complexity index is 957. The summed E-state index contributed by atoms with van der Waals surface area (Å²) in [4.78, 5) is 12.2. The highest BCUT2D eigenvalue weighted by Gasteiger charge is 2.14. The van der Waals surface area contributed by atoms with E-state index >= 15 is 0 Å². The quantitative estimate of drug-likeness (QED) is 0.698. The van der Waals surface area contributed by atoms with Gasteiger partial charge >= 0.3 is 0 Å². The van der Waals surface area contributed by atoms with Gasteiger partial charge in [-0.2, -0.15) is 5.10 Å². The molecule has 0 aliphatic rings. The second-order valence-corrected chi connectivity index (χ2v) is 5.62. The molecule has 0 saturated heterocycles. The van der Waals surface area contributed by atoms with E-state index in [2.05, 4.69) is 21.0 Å². The van der Waals surface area contributed by atoms with E-state index in [1.54, 1.807) is 18.2 Å². The number of hydrogen-bond acceptors (Lipinski definition) is 3. The van der Waals surface area contributed by atoms with Gasteiger partial charge in [-0.15, -0.1) is 0 Å². The third-order valence-corrected chi connectivity index (χ3v) is 3.97. The van der Waals surface area contributed by atoms with Crippen molar-refractivity contribution in [3.05, 3.63) is 68.4 Å². The van der Waals surface area contributed by atoms with Gasteiger partial charge < -0.3 is 4.74 Å². The maximum atomic E-state index is 13.9. The molecule has 0 bridgehead atoms. The molecular weight excluding hydrogens is 370 g/mol. The summed E-state index contributed by atoms with van der Waals surface area (Å²) in [6, 6.07) is 8.36. The number of halogens is 3. The minimum absolute atomic E-state index is 0.0296. The lowest BCUT2D eigenvalue weighted by Crippen LogP contribution is -2.16. The summed E-state index contributed by atoms with van der Waals surface area (Å²) >= 11 is 3.12. The van der Waals surface area contributed by atoms with Gasteiger partial charge in [-0.25, -0.2) is 8.78 Å². The topological polar surface area (TPSA) is 44.1 Å². The molecular formula is C16H11BrF2N2O2. The second-order valence-electron chi connectivity index (χ2n) is 4.87. The first-order valence-electron chi connectivity index (χ1n) is 6.68. The van der Waals surface area contributed by atoms with Crippen LogP contribution >= 0.6 is 15.9 Å². The largest absolute Gasteiger partial charge is 0.494 e. The zero-order chi connectivity index (χ0) is 16.6.